The SMILES string of the molecule is NC(=O)c1ccc(-c2cnc(N3CCC[C@]4(CCN(C5CCC(O)CC5)C4=O)C3)c(Cl)c2)cc1. The van der Waals surface area contributed by atoms with Gasteiger partial charge in [0, 0.05) is 43.0 Å². The number of amides is 2. The zero-order valence-corrected chi connectivity index (χ0v) is 20.0. The van der Waals surface area contributed by atoms with Crippen molar-refractivity contribution in [2.45, 2.75) is 57.1 Å². The summed E-state index contributed by atoms with van der Waals surface area (Å²) in [6.45, 7) is 2.26. The topological polar surface area (TPSA) is 99.8 Å². The molecule has 2 amide bonds. The number of aliphatic hydroxyl groups is 1. The minimum absolute atomic E-state index is 0.217. The number of hydrogen-bond acceptors (Lipinski definition) is 5. The Kier molecular flexibility index (Phi) is 6.25. The summed E-state index contributed by atoms with van der Waals surface area (Å²) >= 11 is 6.69. The third kappa shape index (κ3) is 4.27. The monoisotopic (exact) mass is 482 g/mol. The van der Waals surface area contributed by atoms with Crippen LogP contribution in [0.25, 0.3) is 11.1 Å². The minimum Gasteiger partial charge on any atom is -0.393 e. The molecule has 8 heteroatoms. The van der Waals surface area contributed by atoms with Gasteiger partial charge >= 0.3 is 0 Å². The smallest absolute Gasteiger partial charge is 0.248 e. The summed E-state index contributed by atoms with van der Waals surface area (Å²) in [5.74, 6) is 0.518. The second kappa shape index (κ2) is 9.19. The van der Waals surface area contributed by atoms with Crippen LogP contribution in [0.1, 0.15) is 55.3 Å². The fraction of sp³-hybridized carbons (Fsp3) is 0.500. The van der Waals surface area contributed by atoms with Crippen molar-refractivity contribution >= 4 is 29.2 Å². The Morgan fingerprint density at radius 2 is 1.82 bits per heavy atom. The van der Waals surface area contributed by atoms with E-state index in [0.29, 0.717) is 22.9 Å². The van der Waals surface area contributed by atoms with Crippen LogP contribution in [0, 0.1) is 5.41 Å². The summed E-state index contributed by atoms with van der Waals surface area (Å²) in [5.41, 5.74) is 7.18. The highest BCUT2D eigenvalue weighted by atomic mass is 35.5. The van der Waals surface area contributed by atoms with Crippen LogP contribution in [0.4, 0.5) is 5.82 Å². The van der Waals surface area contributed by atoms with Crippen molar-refractivity contribution in [2.75, 3.05) is 24.5 Å². The number of likely N-dealkylation sites (tertiary alicyclic amines) is 1. The van der Waals surface area contributed by atoms with Crippen LogP contribution in [-0.2, 0) is 4.79 Å². The summed E-state index contributed by atoms with van der Waals surface area (Å²) in [6.07, 6.45) is 7.61. The highest BCUT2D eigenvalue weighted by Crippen LogP contribution is 2.44. The van der Waals surface area contributed by atoms with Gasteiger partial charge in [0.1, 0.15) is 5.82 Å². The number of primary amides is 1. The molecule has 1 atom stereocenters. The predicted octanol–water partition coefficient (Wildman–Crippen LogP) is 3.62. The minimum atomic E-state index is -0.460. The maximum absolute atomic E-state index is 13.6. The summed E-state index contributed by atoms with van der Waals surface area (Å²) in [4.78, 5) is 33.8. The highest BCUT2D eigenvalue weighted by molar-refractivity contribution is 6.33. The van der Waals surface area contributed by atoms with Gasteiger partial charge in [-0.1, -0.05) is 23.7 Å². The second-order valence-electron chi connectivity index (χ2n) is 9.99. The van der Waals surface area contributed by atoms with Gasteiger partial charge in [-0.05, 0) is 68.7 Å². The Labute approximate surface area is 204 Å². The molecule has 2 aliphatic heterocycles. The van der Waals surface area contributed by atoms with Gasteiger partial charge in [0.05, 0.1) is 16.5 Å². The molecule has 180 valence electrons. The fourth-order valence-electron chi connectivity index (χ4n) is 5.91. The molecule has 1 spiro atoms. The number of nitrogens with zero attached hydrogens (tertiary/aromatic N) is 3. The van der Waals surface area contributed by atoms with Gasteiger partial charge in [-0.2, -0.15) is 0 Å². The lowest BCUT2D eigenvalue weighted by Gasteiger charge is -2.41. The van der Waals surface area contributed by atoms with E-state index < -0.39 is 5.91 Å². The quantitative estimate of drug-likeness (QED) is 0.693. The Balaban J connectivity index is 1.32. The van der Waals surface area contributed by atoms with Crippen molar-refractivity contribution in [1.82, 2.24) is 9.88 Å². The van der Waals surface area contributed by atoms with E-state index in [1.807, 2.05) is 18.2 Å². The molecular weight excluding hydrogens is 452 g/mol. The van der Waals surface area contributed by atoms with Crippen LogP contribution in [0.15, 0.2) is 36.5 Å². The average molecular weight is 483 g/mol. The van der Waals surface area contributed by atoms with E-state index in [-0.39, 0.29) is 23.5 Å². The van der Waals surface area contributed by atoms with Crippen LogP contribution in [0.5, 0.6) is 0 Å². The third-order valence-electron chi connectivity index (χ3n) is 7.85. The first-order valence-corrected chi connectivity index (χ1v) is 12.5. The number of anilines is 1. The first kappa shape index (κ1) is 23.1. The molecule has 2 saturated heterocycles. The lowest BCUT2D eigenvalue weighted by Crippen LogP contribution is -2.50. The molecular formula is C26H31ClN4O3. The Bertz CT molecular complexity index is 1080. The van der Waals surface area contributed by atoms with Gasteiger partial charge in [-0.15, -0.1) is 0 Å². The lowest BCUT2D eigenvalue weighted by atomic mass is 9.78. The van der Waals surface area contributed by atoms with Crippen molar-refractivity contribution in [3.63, 3.8) is 0 Å². The molecule has 3 heterocycles. The Morgan fingerprint density at radius 1 is 1.09 bits per heavy atom. The van der Waals surface area contributed by atoms with Crippen molar-refractivity contribution in [3.05, 3.63) is 47.1 Å². The zero-order chi connectivity index (χ0) is 23.9. The fourth-order valence-corrected chi connectivity index (χ4v) is 6.19. The Morgan fingerprint density at radius 3 is 2.50 bits per heavy atom. The van der Waals surface area contributed by atoms with Gasteiger partial charge in [0.25, 0.3) is 0 Å². The van der Waals surface area contributed by atoms with E-state index in [1.165, 1.54) is 0 Å². The molecule has 5 rings (SSSR count). The van der Waals surface area contributed by atoms with E-state index in [4.69, 9.17) is 17.3 Å². The van der Waals surface area contributed by atoms with Gasteiger partial charge in [-0.25, -0.2) is 4.98 Å². The van der Waals surface area contributed by atoms with E-state index in [1.54, 1.807) is 18.3 Å². The van der Waals surface area contributed by atoms with E-state index in [9.17, 15) is 14.7 Å². The summed E-state index contributed by atoms with van der Waals surface area (Å²) < 4.78 is 0. The van der Waals surface area contributed by atoms with Crippen LogP contribution in [0.3, 0.4) is 0 Å². The van der Waals surface area contributed by atoms with Crippen molar-refractivity contribution < 1.29 is 14.7 Å². The average Bonchev–Trinajstić information content (AvgIpc) is 3.14. The normalized spacial score (nSPS) is 27.4. The second-order valence-corrected chi connectivity index (χ2v) is 10.4. The van der Waals surface area contributed by atoms with Crippen molar-refractivity contribution in [1.29, 1.82) is 0 Å². The van der Waals surface area contributed by atoms with Crippen molar-refractivity contribution in [3.8, 4) is 11.1 Å². The zero-order valence-electron chi connectivity index (χ0n) is 19.3. The molecule has 7 nitrogen and oxygen atoms in total. The number of pyridine rings is 1. The molecule has 1 saturated carbocycles. The van der Waals surface area contributed by atoms with Crippen LogP contribution < -0.4 is 10.6 Å². The number of carbonyl (C=O) groups is 2. The molecule has 34 heavy (non-hydrogen) atoms. The maximum Gasteiger partial charge on any atom is 0.248 e. The standard InChI is InChI=1S/C26H31ClN4O3/c27-22-14-19(17-2-4-18(5-3-17)23(28)33)15-29-24(22)30-12-1-10-26(16-30)11-13-31(25(26)34)20-6-8-21(32)9-7-20/h2-5,14-15,20-21,32H,1,6-13,16H2,(H2,28,33)/t20?,21?,26-/m0/s1. The van der Waals surface area contributed by atoms with Gasteiger partial charge in [-0.3, -0.25) is 9.59 Å². The Hall–Kier alpha value is -2.64. The molecule has 1 aliphatic carbocycles. The number of aromatic nitrogens is 1. The molecule has 1 aromatic carbocycles. The molecule has 2 aromatic rings. The first-order valence-electron chi connectivity index (χ1n) is 12.2. The number of carbonyl (C=O) groups excluding carboxylic acids is 2. The van der Waals surface area contributed by atoms with Crippen LogP contribution in [0.2, 0.25) is 5.02 Å². The predicted molar refractivity (Wildman–Crippen MR) is 132 cm³/mol. The molecule has 0 unspecified atom stereocenters. The summed E-state index contributed by atoms with van der Waals surface area (Å²) in [5, 5.41) is 10.4. The maximum atomic E-state index is 13.6. The number of piperidine rings is 1. The molecule has 0 radical (unpaired) electrons. The molecule has 3 N–H and O–H groups in total. The number of aliphatic hydroxyl groups excluding tert-OH is 1. The van der Waals surface area contributed by atoms with E-state index >= 15 is 0 Å². The summed E-state index contributed by atoms with van der Waals surface area (Å²) in [6, 6.07) is 9.20. The van der Waals surface area contributed by atoms with Crippen LogP contribution >= 0.6 is 11.6 Å². The molecule has 3 aliphatic rings. The molecule has 1 aromatic heterocycles. The van der Waals surface area contributed by atoms with Gasteiger partial charge in [0.2, 0.25) is 11.8 Å². The highest BCUT2D eigenvalue weighted by Gasteiger charge is 2.51. The molecule has 0 bridgehead atoms. The number of hydrogen-bond donors (Lipinski definition) is 2. The van der Waals surface area contributed by atoms with Gasteiger partial charge in [0.15, 0.2) is 0 Å². The van der Waals surface area contributed by atoms with Crippen molar-refractivity contribution in [2.24, 2.45) is 11.1 Å². The van der Waals surface area contributed by atoms with Gasteiger partial charge < -0.3 is 20.6 Å². The van der Waals surface area contributed by atoms with E-state index in [0.717, 1.165) is 69.2 Å². The number of nitrogens with two attached hydrogens (primary N) is 1. The van der Waals surface area contributed by atoms with E-state index in [2.05, 4.69) is 14.8 Å². The van der Waals surface area contributed by atoms with Crippen LogP contribution in [-0.4, -0.2) is 58.6 Å². The number of benzene rings is 1. The summed E-state index contributed by atoms with van der Waals surface area (Å²) in [7, 11) is 0. The number of halogens is 1. The lowest BCUT2D eigenvalue weighted by molar-refractivity contribution is -0.139. The first-order chi connectivity index (χ1) is 16.4. The molecule has 3 fully saturated rings. The number of rotatable bonds is 4. The third-order valence-corrected chi connectivity index (χ3v) is 8.13. The largest absolute Gasteiger partial charge is 0.393 e.